The van der Waals surface area contributed by atoms with Crippen molar-refractivity contribution in [2.45, 2.75) is 6.54 Å². The molecule has 0 saturated carbocycles. The highest BCUT2D eigenvalue weighted by Gasteiger charge is 2.12. The van der Waals surface area contributed by atoms with Crippen LogP contribution in [0.1, 0.15) is 10.5 Å². The molecule has 8 nitrogen and oxygen atoms in total. The standard InChI is InChI=1S/C13H12N6O2/c20-11-2-1-4-17-19(11)7-6-15-13(21)12-9-8-16-18-10(9)3-5-14-12/h1-5,8H,6-7H2,(H,15,21)(H,16,18). The fraction of sp³-hybridized carbons (Fsp3) is 0.154. The van der Waals surface area contributed by atoms with Crippen LogP contribution in [0.3, 0.4) is 0 Å². The Bertz CT molecular complexity index is 838. The normalized spacial score (nSPS) is 10.7. The first-order chi connectivity index (χ1) is 10.3. The minimum Gasteiger partial charge on any atom is -0.349 e. The van der Waals surface area contributed by atoms with Gasteiger partial charge in [0.1, 0.15) is 5.69 Å². The lowest BCUT2D eigenvalue weighted by molar-refractivity contribution is 0.0948. The Hall–Kier alpha value is -3.03. The lowest BCUT2D eigenvalue weighted by Gasteiger charge is -2.06. The number of amides is 1. The van der Waals surface area contributed by atoms with Crippen LogP contribution in [-0.2, 0) is 6.54 Å². The van der Waals surface area contributed by atoms with Crippen molar-refractivity contribution in [2.24, 2.45) is 0 Å². The van der Waals surface area contributed by atoms with E-state index in [2.05, 4.69) is 25.6 Å². The van der Waals surface area contributed by atoms with E-state index in [9.17, 15) is 9.59 Å². The van der Waals surface area contributed by atoms with Crippen molar-refractivity contribution in [3.8, 4) is 0 Å². The number of carbonyl (C=O) groups excluding carboxylic acids is 1. The zero-order valence-electron chi connectivity index (χ0n) is 11.0. The van der Waals surface area contributed by atoms with Gasteiger partial charge in [0.15, 0.2) is 0 Å². The van der Waals surface area contributed by atoms with Gasteiger partial charge >= 0.3 is 0 Å². The summed E-state index contributed by atoms with van der Waals surface area (Å²) in [5, 5.41) is 13.9. The van der Waals surface area contributed by atoms with Crippen molar-refractivity contribution < 1.29 is 4.79 Å². The van der Waals surface area contributed by atoms with Crippen molar-refractivity contribution in [2.75, 3.05) is 6.54 Å². The molecule has 3 rings (SSSR count). The molecule has 1 amide bonds. The molecule has 21 heavy (non-hydrogen) atoms. The molecular formula is C13H12N6O2. The Balaban J connectivity index is 1.69. The van der Waals surface area contributed by atoms with Crippen LogP contribution in [0.25, 0.3) is 10.9 Å². The van der Waals surface area contributed by atoms with E-state index in [1.54, 1.807) is 24.5 Å². The van der Waals surface area contributed by atoms with Gasteiger partial charge in [0.05, 0.1) is 23.6 Å². The van der Waals surface area contributed by atoms with Crippen molar-refractivity contribution in [3.63, 3.8) is 0 Å². The van der Waals surface area contributed by atoms with Gasteiger partial charge in [0.2, 0.25) is 0 Å². The molecule has 3 aromatic heterocycles. The Kier molecular flexibility index (Phi) is 3.42. The number of nitrogens with one attached hydrogen (secondary N) is 2. The van der Waals surface area contributed by atoms with Gasteiger partial charge in [-0.1, -0.05) is 0 Å². The second-order valence-electron chi connectivity index (χ2n) is 4.33. The van der Waals surface area contributed by atoms with Crippen LogP contribution >= 0.6 is 0 Å². The first kappa shape index (κ1) is 13.0. The van der Waals surface area contributed by atoms with E-state index < -0.39 is 0 Å². The summed E-state index contributed by atoms with van der Waals surface area (Å²) in [4.78, 5) is 27.6. The SMILES string of the molecule is O=C(NCCn1ncccc1=O)c1nccc2[nH]ncc12. The third-order valence-electron chi connectivity index (χ3n) is 2.98. The van der Waals surface area contributed by atoms with Crippen molar-refractivity contribution in [1.82, 2.24) is 30.3 Å². The minimum atomic E-state index is -0.314. The number of aromatic nitrogens is 5. The molecule has 0 aromatic carbocycles. The van der Waals surface area contributed by atoms with Gasteiger partial charge in [0, 0.05) is 25.0 Å². The summed E-state index contributed by atoms with van der Waals surface area (Å²) in [6.45, 7) is 0.582. The molecular weight excluding hydrogens is 272 g/mol. The van der Waals surface area contributed by atoms with E-state index >= 15 is 0 Å². The Morgan fingerprint density at radius 2 is 2.24 bits per heavy atom. The third kappa shape index (κ3) is 2.64. The number of aromatic amines is 1. The quantitative estimate of drug-likeness (QED) is 0.698. The van der Waals surface area contributed by atoms with E-state index in [0.717, 1.165) is 5.52 Å². The second-order valence-corrected chi connectivity index (χ2v) is 4.33. The van der Waals surface area contributed by atoms with Crippen LogP contribution in [0.2, 0.25) is 0 Å². The molecule has 0 spiro atoms. The minimum absolute atomic E-state index is 0.207. The number of nitrogens with zero attached hydrogens (tertiary/aromatic N) is 4. The highest BCUT2D eigenvalue weighted by atomic mass is 16.2. The fourth-order valence-corrected chi connectivity index (χ4v) is 1.96. The molecule has 0 fully saturated rings. The van der Waals surface area contributed by atoms with Crippen LogP contribution in [0, 0.1) is 0 Å². The van der Waals surface area contributed by atoms with E-state index in [-0.39, 0.29) is 18.0 Å². The first-order valence-electron chi connectivity index (χ1n) is 6.34. The van der Waals surface area contributed by atoms with E-state index in [1.807, 2.05) is 0 Å². The number of hydrogen-bond donors (Lipinski definition) is 2. The monoisotopic (exact) mass is 284 g/mol. The second kappa shape index (κ2) is 5.53. The highest BCUT2D eigenvalue weighted by Crippen LogP contribution is 2.12. The predicted molar refractivity (Wildman–Crippen MR) is 74.7 cm³/mol. The topological polar surface area (TPSA) is 106 Å². The lowest BCUT2D eigenvalue weighted by Crippen LogP contribution is -2.32. The van der Waals surface area contributed by atoms with E-state index in [1.165, 1.54) is 16.9 Å². The molecule has 0 saturated heterocycles. The maximum atomic E-state index is 12.1. The molecule has 8 heteroatoms. The summed E-state index contributed by atoms with van der Waals surface area (Å²) in [5.74, 6) is -0.314. The Labute approximate surface area is 118 Å². The van der Waals surface area contributed by atoms with Gasteiger partial charge in [-0.05, 0) is 12.1 Å². The summed E-state index contributed by atoms with van der Waals surface area (Å²) in [6.07, 6.45) is 4.62. The van der Waals surface area contributed by atoms with Crippen LogP contribution in [0.4, 0.5) is 0 Å². The van der Waals surface area contributed by atoms with Gasteiger partial charge < -0.3 is 5.32 Å². The number of carbonyl (C=O) groups is 1. The van der Waals surface area contributed by atoms with Crippen molar-refractivity contribution >= 4 is 16.8 Å². The molecule has 0 aliphatic heterocycles. The van der Waals surface area contributed by atoms with E-state index in [4.69, 9.17) is 0 Å². The molecule has 0 bridgehead atoms. The molecule has 0 aliphatic carbocycles. The van der Waals surface area contributed by atoms with E-state index in [0.29, 0.717) is 17.6 Å². The summed E-state index contributed by atoms with van der Waals surface area (Å²) < 4.78 is 1.28. The molecule has 3 aromatic rings. The Morgan fingerprint density at radius 3 is 3.10 bits per heavy atom. The molecule has 0 aliphatic rings. The number of H-pyrrole nitrogens is 1. The average molecular weight is 284 g/mol. The highest BCUT2D eigenvalue weighted by molar-refractivity contribution is 6.04. The summed E-state index contributed by atoms with van der Waals surface area (Å²) in [7, 11) is 0. The van der Waals surface area contributed by atoms with Crippen molar-refractivity contribution in [3.05, 3.63) is 52.8 Å². The van der Waals surface area contributed by atoms with Gasteiger partial charge in [-0.2, -0.15) is 10.2 Å². The maximum Gasteiger partial charge on any atom is 0.270 e. The van der Waals surface area contributed by atoms with Gasteiger partial charge in [-0.25, -0.2) is 4.68 Å². The van der Waals surface area contributed by atoms with Gasteiger partial charge in [-0.15, -0.1) is 0 Å². The van der Waals surface area contributed by atoms with Gasteiger partial charge in [-0.3, -0.25) is 19.7 Å². The smallest absolute Gasteiger partial charge is 0.270 e. The van der Waals surface area contributed by atoms with Crippen LogP contribution < -0.4 is 10.9 Å². The molecule has 2 N–H and O–H groups in total. The zero-order chi connectivity index (χ0) is 14.7. The Morgan fingerprint density at radius 1 is 1.33 bits per heavy atom. The van der Waals surface area contributed by atoms with Crippen LogP contribution in [0.5, 0.6) is 0 Å². The molecule has 3 heterocycles. The fourth-order valence-electron chi connectivity index (χ4n) is 1.96. The molecule has 0 radical (unpaired) electrons. The number of rotatable bonds is 4. The number of hydrogen-bond acceptors (Lipinski definition) is 5. The van der Waals surface area contributed by atoms with Crippen LogP contribution in [0.15, 0.2) is 41.6 Å². The molecule has 106 valence electrons. The average Bonchev–Trinajstić information content (AvgIpc) is 2.97. The first-order valence-corrected chi connectivity index (χ1v) is 6.34. The largest absolute Gasteiger partial charge is 0.349 e. The van der Waals surface area contributed by atoms with Gasteiger partial charge in [0.25, 0.3) is 11.5 Å². The zero-order valence-corrected chi connectivity index (χ0v) is 11.0. The molecule has 0 atom stereocenters. The predicted octanol–water partition coefficient (Wildman–Crippen LogP) is -0.0554. The van der Waals surface area contributed by atoms with Crippen LogP contribution in [-0.4, -0.2) is 37.4 Å². The summed E-state index contributed by atoms with van der Waals surface area (Å²) in [5.41, 5.74) is 0.840. The summed E-state index contributed by atoms with van der Waals surface area (Å²) in [6, 6.07) is 4.73. The maximum absolute atomic E-state index is 12.1. The third-order valence-corrected chi connectivity index (χ3v) is 2.98. The molecule has 0 unspecified atom stereocenters. The summed E-state index contributed by atoms with van der Waals surface area (Å²) >= 11 is 0. The number of pyridine rings is 1. The lowest BCUT2D eigenvalue weighted by atomic mass is 10.2. The number of fused-ring (bicyclic) bond motifs is 1. The van der Waals surface area contributed by atoms with Crippen molar-refractivity contribution in [1.29, 1.82) is 0 Å².